The number of nitrogens with one attached hydrogen (secondary N) is 1. The highest BCUT2D eigenvalue weighted by Crippen LogP contribution is 2.13. The molecule has 1 aromatic heterocycles. The van der Waals surface area contributed by atoms with E-state index in [0.29, 0.717) is 16.1 Å². The Labute approximate surface area is 199 Å². The number of anilines is 1. The maximum Gasteiger partial charge on any atom is 0.338 e. The number of amides is 1. The van der Waals surface area contributed by atoms with E-state index < -0.39 is 17.8 Å². The molecule has 8 nitrogen and oxygen atoms in total. The van der Waals surface area contributed by atoms with E-state index in [1.54, 1.807) is 47.8 Å². The highest BCUT2D eigenvalue weighted by atomic mass is 32.1. The van der Waals surface area contributed by atoms with Crippen LogP contribution in [-0.4, -0.2) is 42.6 Å². The summed E-state index contributed by atoms with van der Waals surface area (Å²) in [5.74, 6) is -2.35. The predicted octanol–water partition coefficient (Wildman–Crippen LogP) is 3.93. The topological polar surface area (TPSA) is 116 Å². The third-order valence-corrected chi connectivity index (χ3v) is 5.46. The molecule has 1 N–H and O–H groups in total. The molecule has 3 aromatic rings. The molecular formula is C25H21NO7S. The first-order chi connectivity index (χ1) is 16.4. The normalized spacial score (nSPS) is 10.2. The molecule has 0 atom stereocenters. The van der Waals surface area contributed by atoms with Gasteiger partial charge in [-0.25, -0.2) is 4.79 Å². The van der Waals surface area contributed by atoms with Crippen molar-refractivity contribution < 1.29 is 33.4 Å². The lowest BCUT2D eigenvalue weighted by atomic mass is 10.1. The Morgan fingerprint density at radius 2 is 1.41 bits per heavy atom. The van der Waals surface area contributed by atoms with Crippen LogP contribution >= 0.6 is 11.3 Å². The average Bonchev–Trinajstić information content (AvgIpc) is 3.40. The van der Waals surface area contributed by atoms with Crippen LogP contribution in [0, 0.1) is 0 Å². The van der Waals surface area contributed by atoms with Gasteiger partial charge in [0.15, 0.2) is 19.0 Å². The fourth-order valence-electron chi connectivity index (χ4n) is 2.78. The van der Waals surface area contributed by atoms with Crippen molar-refractivity contribution >= 4 is 46.4 Å². The molecule has 0 aliphatic heterocycles. The van der Waals surface area contributed by atoms with Gasteiger partial charge in [-0.2, -0.15) is 0 Å². The van der Waals surface area contributed by atoms with Gasteiger partial charge in [-0.05, 0) is 35.7 Å². The largest absolute Gasteiger partial charge is 0.457 e. The molecule has 0 fully saturated rings. The second kappa shape index (κ2) is 12.2. The van der Waals surface area contributed by atoms with Gasteiger partial charge in [-0.3, -0.25) is 19.2 Å². The van der Waals surface area contributed by atoms with Crippen molar-refractivity contribution in [3.8, 4) is 0 Å². The minimum atomic E-state index is -0.665. The molecule has 3 rings (SSSR count). The molecule has 0 aliphatic rings. The van der Waals surface area contributed by atoms with E-state index >= 15 is 0 Å². The first-order valence-electron chi connectivity index (χ1n) is 10.3. The number of esters is 2. The number of benzene rings is 2. The van der Waals surface area contributed by atoms with E-state index in [9.17, 15) is 24.0 Å². The quantitative estimate of drug-likeness (QED) is 0.327. The Hall–Kier alpha value is -4.11. The number of ether oxygens (including phenoxy) is 2. The van der Waals surface area contributed by atoms with Crippen LogP contribution in [0.2, 0.25) is 0 Å². The summed E-state index contributed by atoms with van der Waals surface area (Å²) in [6.45, 7) is -0.744. The molecule has 0 unspecified atom stereocenters. The fraction of sp³-hybridized carbons (Fsp3) is 0.160. The number of ketones is 2. The zero-order chi connectivity index (χ0) is 24.3. The van der Waals surface area contributed by atoms with Crippen LogP contribution < -0.4 is 5.32 Å². The predicted molar refractivity (Wildman–Crippen MR) is 125 cm³/mol. The van der Waals surface area contributed by atoms with Gasteiger partial charge >= 0.3 is 11.9 Å². The van der Waals surface area contributed by atoms with Gasteiger partial charge in [-0.15, -0.1) is 11.3 Å². The lowest BCUT2D eigenvalue weighted by molar-refractivity contribution is -0.143. The van der Waals surface area contributed by atoms with E-state index in [0.717, 1.165) is 0 Å². The number of thiophene rings is 1. The summed E-state index contributed by atoms with van der Waals surface area (Å²) in [6.07, 6.45) is -0.305. The molecule has 34 heavy (non-hydrogen) atoms. The second-order valence-electron chi connectivity index (χ2n) is 7.05. The number of carbonyl (C=O) groups is 5. The molecule has 1 heterocycles. The molecule has 174 valence electrons. The number of rotatable bonds is 11. The molecule has 0 bridgehead atoms. The first-order valence-corrected chi connectivity index (χ1v) is 11.2. The maximum absolute atomic E-state index is 12.1. The van der Waals surface area contributed by atoms with Crippen LogP contribution in [0.5, 0.6) is 0 Å². The van der Waals surface area contributed by atoms with Gasteiger partial charge in [0.1, 0.15) is 0 Å². The Morgan fingerprint density at radius 1 is 0.706 bits per heavy atom. The lowest BCUT2D eigenvalue weighted by Gasteiger charge is -2.07. The Morgan fingerprint density at radius 3 is 2.09 bits per heavy atom. The summed E-state index contributed by atoms with van der Waals surface area (Å²) in [7, 11) is 0. The summed E-state index contributed by atoms with van der Waals surface area (Å²) >= 11 is 1.26. The highest BCUT2D eigenvalue weighted by molar-refractivity contribution is 7.12. The van der Waals surface area contributed by atoms with Gasteiger partial charge in [0, 0.05) is 17.7 Å². The van der Waals surface area contributed by atoms with Crippen molar-refractivity contribution in [3.63, 3.8) is 0 Å². The molecule has 0 aliphatic carbocycles. The van der Waals surface area contributed by atoms with E-state index in [1.165, 1.54) is 35.6 Å². The summed E-state index contributed by atoms with van der Waals surface area (Å²) in [5, 5.41) is 4.36. The fourth-order valence-corrected chi connectivity index (χ4v) is 3.43. The maximum atomic E-state index is 12.1. The van der Waals surface area contributed by atoms with Crippen molar-refractivity contribution in [2.45, 2.75) is 12.8 Å². The van der Waals surface area contributed by atoms with E-state index in [4.69, 9.17) is 9.47 Å². The Balaban J connectivity index is 1.38. The molecule has 2 aromatic carbocycles. The van der Waals surface area contributed by atoms with Gasteiger partial charge in [0.05, 0.1) is 16.9 Å². The van der Waals surface area contributed by atoms with Crippen LogP contribution in [0.1, 0.15) is 43.2 Å². The Kier molecular flexibility index (Phi) is 8.81. The standard InChI is InChI=1S/C25H21NO7S/c27-20(17-5-2-1-3-6-17)15-33-25(31)18-8-10-19(11-9-18)26-23(29)12-13-24(30)32-16-21(28)22-7-4-14-34-22/h1-11,14H,12-13,15-16H2,(H,26,29). The number of Topliss-reactive ketones (excluding diaryl/α,β-unsaturated/α-hetero) is 2. The smallest absolute Gasteiger partial charge is 0.338 e. The van der Waals surface area contributed by atoms with Crippen LogP contribution in [0.4, 0.5) is 5.69 Å². The van der Waals surface area contributed by atoms with Gasteiger partial charge in [0.25, 0.3) is 0 Å². The van der Waals surface area contributed by atoms with Crippen molar-refractivity contribution in [3.05, 3.63) is 88.1 Å². The zero-order valence-corrected chi connectivity index (χ0v) is 18.8. The van der Waals surface area contributed by atoms with Crippen LogP contribution in [0.25, 0.3) is 0 Å². The highest BCUT2D eigenvalue weighted by Gasteiger charge is 2.14. The number of hydrogen-bond acceptors (Lipinski definition) is 8. The molecular weight excluding hydrogens is 458 g/mol. The van der Waals surface area contributed by atoms with Crippen LogP contribution in [0.15, 0.2) is 72.1 Å². The van der Waals surface area contributed by atoms with E-state index in [1.807, 2.05) is 0 Å². The minimum absolute atomic E-state index is 0.128. The average molecular weight is 480 g/mol. The van der Waals surface area contributed by atoms with Crippen molar-refractivity contribution in [2.24, 2.45) is 0 Å². The number of carbonyl (C=O) groups excluding carboxylic acids is 5. The van der Waals surface area contributed by atoms with Crippen LogP contribution in [-0.2, 0) is 19.1 Å². The minimum Gasteiger partial charge on any atom is -0.457 e. The van der Waals surface area contributed by atoms with E-state index in [-0.39, 0.29) is 43.2 Å². The molecule has 0 saturated carbocycles. The zero-order valence-electron chi connectivity index (χ0n) is 18.0. The molecule has 1 amide bonds. The monoisotopic (exact) mass is 479 g/mol. The third-order valence-electron chi connectivity index (χ3n) is 4.55. The molecule has 0 saturated heterocycles. The molecule has 0 radical (unpaired) electrons. The molecule has 9 heteroatoms. The van der Waals surface area contributed by atoms with Crippen molar-refractivity contribution in [2.75, 3.05) is 18.5 Å². The summed E-state index contributed by atoms with van der Waals surface area (Å²) in [6, 6.07) is 17.8. The lowest BCUT2D eigenvalue weighted by Crippen LogP contribution is -2.17. The van der Waals surface area contributed by atoms with E-state index in [2.05, 4.69) is 5.32 Å². The van der Waals surface area contributed by atoms with Gasteiger partial charge in [-0.1, -0.05) is 36.4 Å². The van der Waals surface area contributed by atoms with Crippen molar-refractivity contribution in [1.29, 1.82) is 0 Å². The van der Waals surface area contributed by atoms with Gasteiger partial charge < -0.3 is 14.8 Å². The molecule has 0 spiro atoms. The second-order valence-corrected chi connectivity index (χ2v) is 8.00. The number of hydrogen-bond donors (Lipinski definition) is 1. The first kappa shape index (κ1) is 24.5. The van der Waals surface area contributed by atoms with Crippen molar-refractivity contribution in [1.82, 2.24) is 0 Å². The summed E-state index contributed by atoms with van der Waals surface area (Å²) in [4.78, 5) is 60.3. The SMILES string of the molecule is O=C(CCC(=O)OCC(=O)c1cccs1)Nc1ccc(C(=O)OCC(=O)c2ccccc2)cc1. The third kappa shape index (κ3) is 7.49. The summed E-state index contributed by atoms with van der Waals surface area (Å²) < 4.78 is 9.94. The Bertz CT molecular complexity index is 1160. The van der Waals surface area contributed by atoms with Crippen LogP contribution in [0.3, 0.4) is 0 Å². The summed E-state index contributed by atoms with van der Waals surface area (Å²) in [5.41, 5.74) is 1.09. The van der Waals surface area contributed by atoms with Gasteiger partial charge in [0.2, 0.25) is 11.7 Å².